The summed E-state index contributed by atoms with van der Waals surface area (Å²) >= 11 is 6.23. The summed E-state index contributed by atoms with van der Waals surface area (Å²) < 4.78 is 188. The van der Waals surface area contributed by atoms with Crippen LogP contribution >= 0.6 is 11.6 Å². The molecule has 11 aromatic rings. The Morgan fingerprint density at radius 1 is 0.360 bits per heavy atom. The van der Waals surface area contributed by atoms with Gasteiger partial charge in [0.2, 0.25) is 23.6 Å². The lowest BCUT2D eigenvalue weighted by Crippen LogP contribution is -2.46. The van der Waals surface area contributed by atoms with Crippen LogP contribution < -0.4 is 0 Å². The number of aromatic nitrogens is 10. The molecule has 9 aliphatic rings. The largest absolute Gasteiger partial charge is 0.416 e. The summed E-state index contributed by atoms with van der Waals surface area (Å²) in [4.78, 5) is 126. The predicted octanol–water partition coefficient (Wildman–Crippen LogP) is 16.5. The van der Waals surface area contributed by atoms with Gasteiger partial charge in [-0.2, -0.15) is 78.2 Å². The molecule has 9 aliphatic heterocycles. The number of aryl methyl sites for hydroxylation is 2. The Morgan fingerprint density at radius 2 is 0.713 bits per heavy atom. The van der Waals surface area contributed by atoms with E-state index in [1.807, 2.05) is 30.3 Å². The van der Waals surface area contributed by atoms with Crippen molar-refractivity contribution in [3.05, 3.63) is 273 Å². The number of aromatic amines is 4. The number of carbonyl (C=O) groups is 9. The van der Waals surface area contributed by atoms with Crippen LogP contribution in [0.4, 0.5) is 61.5 Å². The molecule has 0 saturated carbocycles. The number of hydrogen-bond acceptors (Lipinski definition) is 16. The zero-order valence-corrected chi connectivity index (χ0v) is 83.7. The minimum absolute atomic E-state index is 0.0118. The number of benzene rings is 6. The van der Waals surface area contributed by atoms with Gasteiger partial charge >= 0.3 is 24.7 Å². The first-order valence-electron chi connectivity index (χ1n) is 49.5. The monoisotopic (exact) mass is 2120 g/mol. The van der Waals surface area contributed by atoms with E-state index in [0.717, 1.165) is 93.0 Å². The fourth-order valence-corrected chi connectivity index (χ4v) is 21.8. The molecule has 20 rings (SSSR count). The number of H-pyrrole nitrogens is 4. The van der Waals surface area contributed by atoms with Crippen LogP contribution in [0.1, 0.15) is 263 Å². The lowest BCUT2D eigenvalue weighted by molar-refractivity contribution is -0.142. The normalized spacial score (nSPS) is 17.7. The lowest BCUT2D eigenvalue weighted by atomic mass is 9.81. The molecule has 0 unspecified atom stereocenters. The van der Waals surface area contributed by atoms with Crippen molar-refractivity contribution in [2.75, 3.05) is 91.6 Å². The van der Waals surface area contributed by atoms with E-state index in [0.29, 0.717) is 194 Å². The molecule has 0 atom stereocenters. The van der Waals surface area contributed by atoms with Crippen LogP contribution in [0.5, 0.6) is 0 Å². The van der Waals surface area contributed by atoms with Crippen LogP contribution in [0.15, 0.2) is 127 Å². The first-order valence-corrected chi connectivity index (χ1v) is 49.8. The van der Waals surface area contributed by atoms with E-state index in [-0.39, 0.29) is 145 Å². The van der Waals surface area contributed by atoms with Crippen molar-refractivity contribution < 1.29 is 115 Å². The number of nitrogens with one attached hydrogen (secondary N) is 4. The molecule has 0 bridgehead atoms. The molecular weight excluding hydrogens is 2000 g/mol. The number of alkyl halides is 12. The van der Waals surface area contributed by atoms with Gasteiger partial charge in [-0.25, -0.2) is 8.78 Å². The minimum atomic E-state index is -4.63. The summed E-state index contributed by atoms with van der Waals surface area (Å²) in [5.41, 5.74) is 4.24. The highest BCUT2D eigenvalue weighted by molar-refractivity contribution is 6.31. The predicted molar refractivity (Wildman–Crippen MR) is 518 cm³/mol. The van der Waals surface area contributed by atoms with E-state index in [4.69, 9.17) is 11.6 Å². The third-order valence-electron chi connectivity index (χ3n) is 29.9. The van der Waals surface area contributed by atoms with Crippen molar-refractivity contribution in [2.24, 2.45) is 7.05 Å². The Bertz CT molecular complexity index is 6890. The SMILES string of the molecule is CC(=O)N1CCc2[nH]nc(C(=O)N3CCC(O)(c4ccccc4C(F)(F)F)CC3)c2C1.CC(=O)N1CCc2c(C(=O)N3CCC(c4cc(C)cc(C(F)(F)F)c4)CC3)n[nH]c2C1.CC(=O)N1CCc2c(C(=O)N3CCC(c4cc(F)ccc4Cl)CC3)n[nH]c2C1.CC(=O)N1CCc2c(C(=O)N3CCC(c4ccc(F)cc4C(F)(F)F)CC3)n[nH]c2C1.Cn1nc(C(=O)N2CCC(O)(c3ccccc3C(F)(F)F)CC2)c2ccccc21. The van der Waals surface area contributed by atoms with Gasteiger partial charge < -0.3 is 54.3 Å². The summed E-state index contributed by atoms with van der Waals surface area (Å²) in [7, 11) is 1.75. The van der Waals surface area contributed by atoms with Crippen LogP contribution in [0.2, 0.25) is 5.02 Å². The molecule has 6 N–H and O–H groups in total. The summed E-state index contributed by atoms with van der Waals surface area (Å²) in [6.45, 7) is 14.6. The highest BCUT2D eigenvalue weighted by Crippen LogP contribution is 2.47. The topological polar surface area (TPSA) is 356 Å². The van der Waals surface area contributed by atoms with Gasteiger partial charge in [0.1, 0.15) is 11.6 Å². The molecular formula is C105H112ClF14N19O11. The average molecular weight is 2120 g/mol. The van der Waals surface area contributed by atoms with Crippen LogP contribution in [0.3, 0.4) is 0 Å². The summed E-state index contributed by atoms with van der Waals surface area (Å²) in [6, 6.07) is 28.9. The molecule has 0 radical (unpaired) electrons. The van der Waals surface area contributed by atoms with E-state index in [1.165, 1.54) is 86.3 Å². The van der Waals surface area contributed by atoms with Gasteiger partial charge in [-0.1, -0.05) is 83.9 Å². The maximum Gasteiger partial charge on any atom is 0.416 e. The van der Waals surface area contributed by atoms with Gasteiger partial charge in [-0.3, -0.25) is 68.2 Å². The third kappa shape index (κ3) is 23.9. The summed E-state index contributed by atoms with van der Waals surface area (Å²) in [5.74, 6) is -2.76. The number of aliphatic hydroxyl groups is 2. The van der Waals surface area contributed by atoms with Crippen LogP contribution in [-0.4, -0.2) is 250 Å². The molecule has 30 nitrogen and oxygen atoms in total. The molecule has 798 valence electrons. The number of nitrogens with zero attached hydrogens (tertiary/aromatic N) is 15. The molecule has 6 aromatic carbocycles. The number of likely N-dealkylation sites (tertiary alicyclic amines) is 5. The molecule has 9 amide bonds. The van der Waals surface area contributed by atoms with Gasteiger partial charge in [-0.05, 0) is 197 Å². The molecule has 5 aromatic heterocycles. The first kappa shape index (κ1) is 109. The van der Waals surface area contributed by atoms with Crippen molar-refractivity contribution in [3.8, 4) is 0 Å². The Labute approximate surface area is 857 Å². The Morgan fingerprint density at radius 3 is 1.13 bits per heavy atom. The van der Waals surface area contributed by atoms with Gasteiger partial charge in [0.25, 0.3) is 29.5 Å². The third-order valence-corrected chi connectivity index (χ3v) is 30.3. The number of carbonyl (C=O) groups excluding carboxylic acids is 9. The van der Waals surface area contributed by atoms with Crippen LogP contribution in [0, 0.1) is 18.6 Å². The molecule has 14 heterocycles. The number of para-hydroxylation sites is 1. The second kappa shape index (κ2) is 44.3. The molecule has 0 spiro atoms. The second-order valence-corrected chi connectivity index (χ2v) is 39.7. The molecule has 45 heteroatoms. The van der Waals surface area contributed by atoms with Crippen molar-refractivity contribution >= 4 is 75.7 Å². The van der Waals surface area contributed by atoms with E-state index < -0.39 is 69.9 Å². The average Bonchev–Trinajstić information content (AvgIpc) is 1.63. The fourth-order valence-electron chi connectivity index (χ4n) is 21.5. The zero-order chi connectivity index (χ0) is 108. The van der Waals surface area contributed by atoms with Gasteiger partial charge in [0.15, 0.2) is 28.5 Å². The minimum Gasteiger partial charge on any atom is -0.385 e. The van der Waals surface area contributed by atoms with Crippen LogP contribution in [-0.2, 0) is 114 Å². The molecule has 5 fully saturated rings. The van der Waals surface area contributed by atoms with Crippen molar-refractivity contribution in [1.29, 1.82) is 0 Å². The van der Waals surface area contributed by atoms with Gasteiger partial charge in [0, 0.05) is 178 Å². The Hall–Kier alpha value is -13.9. The summed E-state index contributed by atoms with van der Waals surface area (Å²) in [6.07, 6.45) is -12.4. The Balaban J connectivity index is 0.000000134. The fraction of sp³-hybridized carbons (Fsp3) is 0.448. The van der Waals surface area contributed by atoms with E-state index in [2.05, 4.69) is 45.9 Å². The number of rotatable bonds is 10. The van der Waals surface area contributed by atoms with E-state index in [1.54, 1.807) is 70.8 Å². The lowest BCUT2D eigenvalue weighted by Gasteiger charge is -2.39. The molecule has 150 heavy (non-hydrogen) atoms. The second-order valence-electron chi connectivity index (χ2n) is 39.3. The molecule has 0 aliphatic carbocycles. The first-order chi connectivity index (χ1) is 71.0. The molecule has 5 saturated heterocycles. The van der Waals surface area contributed by atoms with Crippen molar-refractivity contribution in [2.45, 2.75) is 204 Å². The van der Waals surface area contributed by atoms with E-state index >= 15 is 0 Å². The van der Waals surface area contributed by atoms with Crippen molar-refractivity contribution in [1.82, 2.24) is 94.7 Å². The number of halogens is 15. The standard InChI is InChI=1S/C22H25F3N4O2.C21H22F4N4O2.C21H23F3N4O3.C21H20F3N3O2.C20H22ClFN4O2/c1-13-9-16(11-17(10-13)22(23,24)25)15-3-6-28(7-4-15)21(31)20-18-5-8-29(14(2)30)12-19(18)26-27-20;1-12(30)29-9-6-16-18(11-29)26-27-19(16)20(31)28-7-4-13(5-8-28)15-3-2-14(22)10-17(15)21(23,24)25;1-13(29)28-9-6-17-14(12-28)18(26-25-17)19(30)27-10-7-20(31,8-11-27)15-4-2-3-5-16(15)21(22,23)24;1-26-17-9-5-2-6-14(17)18(25-26)19(28)27-12-10-20(29,11-13-27)15-7-3-4-8-16(15)21(22,23)24;1-12(27)26-9-6-15-18(11-26)23-24-19(15)20(28)25-7-4-13(5-8-25)16-10-14(22)2-3-17(16)21/h9-11,15H,3-8,12H2,1-2H3,(H,26,27);2-3,10,13H,4-9,11H2,1H3,(H,26,27);2-5,31H,6-12H2,1H3,(H,25,26);2-9,29H,10-13H2,1H3;2-3,10,13H,4-9,11H2,1H3,(H,23,24). The summed E-state index contributed by atoms with van der Waals surface area (Å²) in [5, 5.41) is 55.9. The van der Waals surface area contributed by atoms with Gasteiger partial charge in [0.05, 0.1) is 75.7 Å². The number of piperidine rings is 5. The number of hydrogen-bond donors (Lipinski definition) is 6. The maximum absolute atomic E-state index is 13.6. The van der Waals surface area contributed by atoms with E-state index in [9.17, 15) is 115 Å². The van der Waals surface area contributed by atoms with Crippen LogP contribution in [0.25, 0.3) is 10.9 Å². The van der Waals surface area contributed by atoms with Crippen molar-refractivity contribution in [3.63, 3.8) is 0 Å². The quantitative estimate of drug-likeness (QED) is 0.0693. The van der Waals surface area contributed by atoms with Gasteiger partial charge in [-0.15, -0.1) is 0 Å². The maximum atomic E-state index is 13.6. The number of fused-ring (bicyclic) bond motifs is 5. The smallest absolute Gasteiger partial charge is 0.385 e. The Kier molecular flexibility index (Phi) is 32.1. The number of amides is 9. The zero-order valence-electron chi connectivity index (χ0n) is 82.9. The highest BCUT2D eigenvalue weighted by Gasteiger charge is 2.48. The highest BCUT2D eigenvalue weighted by atomic mass is 35.5.